The second-order valence-electron chi connectivity index (χ2n) is 2.96. The maximum Gasteiger partial charge on any atom is 0.0463 e. The molecular weight excluding hydrogens is 146 g/mol. The van der Waals surface area contributed by atoms with Crippen molar-refractivity contribution in [3.05, 3.63) is 6.92 Å². The molecule has 1 rings (SSSR count). The average Bonchev–Trinajstić information content (AvgIpc) is 1.88. The third kappa shape index (κ3) is 2.89. The summed E-state index contributed by atoms with van der Waals surface area (Å²) in [4.78, 5) is 2.40. The zero-order valence-electron chi connectivity index (χ0n) is 6.35. The second kappa shape index (κ2) is 4.20. The molecule has 0 aromatic rings. The first-order valence-corrected chi connectivity index (χ1v) is 4.42. The molecule has 10 heavy (non-hydrogen) atoms. The van der Waals surface area contributed by atoms with Gasteiger partial charge in [-0.15, -0.1) is 11.6 Å². The van der Waals surface area contributed by atoms with Crippen LogP contribution in [-0.2, 0) is 0 Å². The Bertz CT molecular complexity index is 87.3. The molecule has 0 aliphatic carbocycles. The summed E-state index contributed by atoms with van der Waals surface area (Å²) in [6.45, 7) is 7.16. The first-order valence-electron chi connectivity index (χ1n) is 3.98. The van der Waals surface area contributed by atoms with Crippen molar-refractivity contribution in [2.24, 2.45) is 0 Å². The minimum atomic E-state index is 0.0677. The van der Waals surface area contributed by atoms with E-state index in [0.29, 0.717) is 0 Å². The summed E-state index contributed by atoms with van der Waals surface area (Å²) in [5.41, 5.74) is 0. The Morgan fingerprint density at radius 2 is 1.90 bits per heavy atom. The van der Waals surface area contributed by atoms with Crippen LogP contribution in [0.4, 0.5) is 0 Å². The van der Waals surface area contributed by atoms with Crippen molar-refractivity contribution in [2.75, 3.05) is 19.6 Å². The molecule has 1 aliphatic heterocycles. The molecule has 1 heterocycles. The number of hydrogen-bond acceptors (Lipinski definition) is 1. The van der Waals surface area contributed by atoms with E-state index in [4.69, 9.17) is 11.6 Å². The minimum Gasteiger partial charge on any atom is -0.302 e. The van der Waals surface area contributed by atoms with Crippen molar-refractivity contribution in [1.29, 1.82) is 0 Å². The number of halogens is 1. The van der Waals surface area contributed by atoms with E-state index in [1.54, 1.807) is 0 Å². The van der Waals surface area contributed by atoms with Crippen LogP contribution in [0, 0.1) is 6.92 Å². The maximum absolute atomic E-state index is 5.76. The minimum absolute atomic E-state index is 0.0677. The van der Waals surface area contributed by atoms with Crippen LogP contribution in [-0.4, -0.2) is 29.9 Å². The zero-order chi connectivity index (χ0) is 7.40. The number of piperidine rings is 1. The normalized spacial score (nSPS) is 24.6. The monoisotopic (exact) mass is 160 g/mol. The standard InChI is InChI=1S/C8H15ClN/c1-8(9)7-10-5-3-2-4-6-10/h8H,1-7H2. The Labute approximate surface area is 68.4 Å². The molecule has 0 aromatic carbocycles. The van der Waals surface area contributed by atoms with Crippen LogP contribution in [0.15, 0.2) is 0 Å². The molecule has 1 aliphatic rings. The van der Waals surface area contributed by atoms with Gasteiger partial charge in [0.15, 0.2) is 0 Å². The Balaban J connectivity index is 2.13. The molecule has 0 aromatic heterocycles. The number of rotatable bonds is 2. The van der Waals surface area contributed by atoms with Gasteiger partial charge in [0.25, 0.3) is 0 Å². The Hall–Kier alpha value is 0.250. The molecule has 0 saturated carbocycles. The maximum atomic E-state index is 5.76. The van der Waals surface area contributed by atoms with Crippen LogP contribution in [0.3, 0.4) is 0 Å². The van der Waals surface area contributed by atoms with Crippen molar-refractivity contribution in [3.8, 4) is 0 Å². The highest BCUT2D eigenvalue weighted by Gasteiger charge is 2.11. The van der Waals surface area contributed by atoms with Crippen LogP contribution in [0.5, 0.6) is 0 Å². The van der Waals surface area contributed by atoms with E-state index >= 15 is 0 Å². The molecule has 0 spiro atoms. The zero-order valence-corrected chi connectivity index (χ0v) is 7.11. The van der Waals surface area contributed by atoms with Gasteiger partial charge in [0.05, 0.1) is 0 Å². The van der Waals surface area contributed by atoms with Crippen LogP contribution in [0.25, 0.3) is 0 Å². The fraction of sp³-hybridized carbons (Fsp3) is 0.875. The first kappa shape index (κ1) is 8.35. The van der Waals surface area contributed by atoms with E-state index in [0.717, 1.165) is 6.54 Å². The molecule has 59 valence electrons. The summed E-state index contributed by atoms with van der Waals surface area (Å²) in [6.07, 6.45) is 4.06. The molecule has 1 nitrogen and oxygen atoms in total. The van der Waals surface area contributed by atoms with E-state index in [-0.39, 0.29) is 5.38 Å². The third-order valence-corrected chi connectivity index (χ3v) is 2.04. The molecule has 1 fully saturated rings. The quantitative estimate of drug-likeness (QED) is 0.558. The van der Waals surface area contributed by atoms with E-state index < -0.39 is 0 Å². The topological polar surface area (TPSA) is 3.24 Å². The molecule has 1 radical (unpaired) electrons. The smallest absolute Gasteiger partial charge is 0.0463 e. The lowest BCUT2D eigenvalue weighted by Gasteiger charge is -2.27. The van der Waals surface area contributed by atoms with Crippen molar-refractivity contribution in [3.63, 3.8) is 0 Å². The number of likely N-dealkylation sites (tertiary alicyclic amines) is 1. The summed E-state index contributed by atoms with van der Waals surface area (Å²) < 4.78 is 0. The highest BCUT2D eigenvalue weighted by molar-refractivity contribution is 6.21. The molecule has 1 atom stereocenters. The SMILES string of the molecule is [CH2]C(Cl)CN1CCCCC1. The Kier molecular flexibility index (Phi) is 3.50. The molecule has 1 unspecified atom stereocenters. The van der Waals surface area contributed by atoms with Crippen molar-refractivity contribution >= 4 is 11.6 Å². The Morgan fingerprint density at radius 1 is 1.30 bits per heavy atom. The molecule has 2 heteroatoms. The fourth-order valence-electron chi connectivity index (χ4n) is 1.42. The Morgan fingerprint density at radius 3 is 2.40 bits per heavy atom. The van der Waals surface area contributed by atoms with Crippen LogP contribution < -0.4 is 0 Å². The van der Waals surface area contributed by atoms with Crippen LogP contribution in [0.2, 0.25) is 0 Å². The lowest BCUT2D eigenvalue weighted by molar-refractivity contribution is 0.234. The predicted molar refractivity (Wildman–Crippen MR) is 45.3 cm³/mol. The lowest BCUT2D eigenvalue weighted by Crippen LogP contribution is -2.33. The summed E-state index contributed by atoms with van der Waals surface area (Å²) >= 11 is 5.76. The van der Waals surface area contributed by atoms with E-state index in [1.807, 2.05) is 0 Å². The summed E-state index contributed by atoms with van der Waals surface area (Å²) in [6, 6.07) is 0. The molecule has 0 bridgehead atoms. The van der Waals surface area contributed by atoms with Gasteiger partial charge in [0.1, 0.15) is 0 Å². The van der Waals surface area contributed by atoms with E-state index in [1.165, 1.54) is 32.4 Å². The number of hydrogen-bond donors (Lipinski definition) is 0. The highest BCUT2D eigenvalue weighted by Crippen LogP contribution is 2.09. The van der Waals surface area contributed by atoms with Gasteiger partial charge in [0.2, 0.25) is 0 Å². The van der Waals surface area contributed by atoms with Crippen molar-refractivity contribution in [2.45, 2.75) is 24.6 Å². The number of nitrogens with zero attached hydrogens (tertiary/aromatic N) is 1. The average molecular weight is 161 g/mol. The van der Waals surface area contributed by atoms with Gasteiger partial charge in [-0.25, -0.2) is 0 Å². The van der Waals surface area contributed by atoms with Gasteiger partial charge < -0.3 is 4.90 Å². The highest BCUT2D eigenvalue weighted by atomic mass is 35.5. The molecule has 0 N–H and O–H groups in total. The van der Waals surface area contributed by atoms with E-state index in [9.17, 15) is 0 Å². The third-order valence-electron chi connectivity index (χ3n) is 1.90. The molecule has 0 amide bonds. The van der Waals surface area contributed by atoms with Crippen LogP contribution >= 0.6 is 11.6 Å². The lowest BCUT2D eigenvalue weighted by atomic mass is 10.1. The van der Waals surface area contributed by atoms with Gasteiger partial charge in [0, 0.05) is 11.9 Å². The van der Waals surface area contributed by atoms with Crippen molar-refractivity contribution in [1.82, 2.24) is 4.90 Å². The number of alkyl halides is 1. The second-order valence-corrected chi connectivity index (χ2v) is 3.58. The molecular formula is C8H15ClN. The fourth-order valence-corrected chi connectivity index (χ4v) is 1.62. The van der Waals surface area contributed by atoms with Crippen LogP contribution in [0.1, 0.15) is 19.3 Å². The summed E-state index contributed by atoms with van der Waals surface area (Å²) in [5.74, 6) is 0. The van der Waals surface area contributed by atoms with Gasteiger partial charge in [-0.3, -0.25) is 0 Å². The molecule has 1 saturated heterocycles. The van der Waals surface area contributed by atoms with Gasteiger partial charge in [-0.1, -0.05) is 6.42 Å². The van der Waals surface area contributed by atoms with Gasteiger partial charge in [-0.05, 0) is 32.9 Å². The van der Waals surface area contributed by atoms with Gasteiger partial charge >= 0.3 is 0 Å². The first-order chi connectivity index (χ1) is 4.79. The summed E-state index contributed by atoms with van der Waals surface area (Å²) in [5, 5.41) is 0.0677. The van der Waals surface area contributed by atoms with Gasteiger partial charge in [-0.2, -0.15) is 0 Å². The predicted octanol–water partition coefficient (Wildman–Crippen LogP) is 1.91. The van der Waals surface area contributed by atoms with Crippen molar-refractivity contribution < 1.29 is 0 Å². The summed E-state index contributed by atoms with van der Waals surface area (Å²) in [7, 11) is 0. The largest absolute Gasteiger partial charge is 0.302 e. The van der Waals surface area contributed by atoms with E-state index in [2.05, 4.69) is 11.8 Å².